The summed E-state index contributed by atoms with van der Waals surface area (Å²) in [5, 5.41) is 4.13. The molecule has 0 bridgehead atoms. The molecule has 0 atom stereocenters. The summed E-state index contributed by atoms with van der Waals surface area (Å²) in [7, 11) is 0. The molecule has 3 aliphatic rings. The lowest BCUT2D eigenvalue weighted by Gasteiger charge is -2.26. The van der Waals surface area contributed by atoms with Gasteiger partial charge in [-0.25, -0.2) is 0 Å². The van der Waals surface area contributed by atoms with Crippen molar-refractivity contribution in [3.05, 3.63) is 136 Å². The van der Waals surface area contributed by atoms with Gasteiger partial charge in [-0.05, 0) is 87.9 Å². The van der Waals surface area contributed by atoms with Crippen molar-refractivity contribution >= 4 is 61.2 Å². The predicted molar refractivity (Wildman–Crippen MR) is 220 cm³/mol. The van der Waals surface area contributed by atoms with Crippen LogP contribution >= 0.6 is 23.1 Å². The summed E-state index contributed by atoms with van der Waals surface area (Å²) >= 11 is 3.83. The molecule has 0 amide bonds. The van der Waals surface area contributed by atoms with Crippen LogP contribution in [0.4, 0.5) is 0 Å². The Kier molecular flexibility index (Phi) is 5.97. The van der Waals surface area contributed by atoms with Gasteiger partial charge in [0.25, 0.3) is 0 Å². The van der Waals surface area contributed by atoms with Crippen LogP contribution in [-0.2, 0) is 17.3 Å². The van der Waals surface area contributed by atoms with E-state index in [9.17, 15) is 0 Å². The second-order valence-electron chi connectivity index (χ2n) is 15.6. The van der Waals surface area contributed by atoms with Gasteiger partial charge in [0.2, 0.25) is 0 Å². The van der Waals surface area contributed by atoms with Gasteiger partial charge < -0.3 is 4.98 Å². The lowest BCUT2D eigenvalue weighted by molar-refractivity contribution is 0.642. The van der Waals surface area contributed by atoms with Crippen molar-refractivity contribution in [2.75, 3.05) is 6.26 Å². The maximum atomic E-state index is 4.03. The van der Waals surface area contributed by atoms with E-state index in [1.807, 2.05) is 23.1 Å². The van der Waals surface area contributed by atoms with Gasteiger partial charge in [0.05, 0.1) is 16.7 Å². The molecule has 0 radical (unpaired) electrons. The summed E-state index contributed by atoms with van der Waals surface area (Å²) in [6.07, 6.45) is 9.14. The van der Waals surface area contributed by atoms with Gasteiger partial charge in [-0.3, -0.25) is 4.57 Å². The fraction of sp³-hybridized carbons (Fsp3) is 0.191. The van der Waals surface area contributed by atoms with Crippen molar-refractivity contribution in [2.24, 2.45) is 0 Å². The van der Waals surface area contributed by atoms with Crippen LogP contribution < -0.4 is 0 Å². The normalized spacial score (nSPS) is 16.1. The number of fused-ring (bicyclic) bond motifs is 13. The number of H-pyrrole nitrogens is 1. The molecule has 2 nitrogen and oxygen atoms in total. The minimum absolute atomic E-state index is 0.0924. The van der Waals surface area contributed by atoms with Gasteiger partial charge in [0, 0.05) is 53.6 Å². The zero-order chi connectivity index (χ0) is 34.4. The van der Waals surface area contributed by atoms with E-state index in [2.05, 4.69) is 153 Å². The number of nitrogens with one attached hydrogen (secondary N) is 1. The average Bonchev–Trinajstić information content (AvgIpc) is 3.91. The fourth-order valence-corrected chi connectivity index (χ4v) is 11.9. The van der Waals surface area contributed by atoms with Gasteiger partial charge in [0.15, 0.2) is 0 Å². The monoisotopic (exact) mass is 694 g/mol. The zero-order valence-electron chi connectivity index (χ0n) is 29.6. The Bertz CT molecular complexity index is 2850. The second-order valence-corrected chi connectivity index (χ2v) is 17.5. The maximum Gasteiger partial charge on any atom is 0.109 e. The molecule has 1 N–H and O–H groups in total. The minimum atomic E-state index is -0.166. The summed E-state index contributed by atoms with van der Waals surface area (Å²) in [4.78, 5) is 8.14. The van der Waals surface area contributed by atoms with Crippen molar-refractivity contribution in [1.82, 2.24) is 9.55 Å². The summed E-state index contributed by atoms with van der Waals surface area (Å²) in [6, 6.07) is 36.9. The quantitative estimate of drug-likeness (QED) is 0.183. The van der Waals surface area contributed by atoms with Crippen molar-refractivity contribution < 1.29 is 0 Å². The van der Waals surface area contributed by atoms with Crippen LogP contribution in [0.1, 0.15) is 66.9 Å². The van der Waals surface area contributed by atoms with Crippen molar-refractivity contribution in [1.29, 1.82) is 0 Å². The van der Waals surface area contributed by atoms with E-state index in [-0.39, 0.29) is 10.8 Å². The number of hydrogen-bond acceptors (Lipinski definition) is 2. The molecule has 8 aromatic rings. The third kappa shape index (κ3) is 3.75. The molecular weight excluding hydrogens is 657 g/mol. The number of allylic oxidation sites excluding steroid dienone is 1. The van der Waals surface area contributed by atoms with Crippen LogP contribution in [0.2, 0.25) is 0 Å². The van der Waals surface area contributed by atoms with Crippen LogP contribution in [0.3, 0.4) is 0 Å². The molecule has 0 saturated heterocycles. The molecule has 5 aromatic carbocycles. The Balaban J connectivity index is 1.27. The number of rotatable bonds is 3. The highest BCUT2D eigenvalue weighted by Gasteiger charge is 2.41. The highest BCUT2D eigenvalue weighted by Crippen LogP contribution is 2.56. The Morgan fingerprint density at radius 3 is 2.29 bits per heavy atom. The molecule has 0 aliphatic heterocycles. The molecule has 0 fully saturated rings. The maximum absolute atomic E-state index is 4.03. The fourth-order valence-electron chi connectivity index (χ4n) is 9.97. The Morgan fingerprint density at radius 1 is 0.745 bits per heavy atom. The molecule has 0 spiro atoms. The zero-order valence-corrected chi connectivity index (χ0v) is 31.2. The van der Waals surface area contributed by atoms with E-state index in [1.165, 1.54) is 109 Å². The molecule has 3 heterocycles. The standard InChI is InChI=1S/C47H38N2S2/c1-46(2)34-20-9-6-14-28(34)33-24-26(27-17-12-18-31-39-29-15-7-10-21-35(29)47(3,4)44(39)48-42(27)31)25-36(41(33)46)49-43-32(19-13-23-38(43)50-5)40-30-16-8-11-22-37(30)51-45(40)49/h6-7,9-15,17-25,48H,8,16H2,1-5H3. The SMILES string of the molecule is CSc1cccc2c3c4c(sc3n(-c3cc(-c5cccc6c7c([nH]c56)C(C)(C)c5ccccc5-7)cc5c3C(C)(C)c3ccccc3-5)c12)C=CCC4. The van der Waals surface area contributed by atoms with Crippen molar-refractivity contribution in [2.45, 2.75) is 56.3 Å². The Morgan fingerprint density at radius 2 is 1.47 bits per heavy atom. The summed E-state index contributed by atoms with van der Waals surface area (Å²) in [6.45, 7) is 9.58. The van der Waals surface area contributed by atoms with Gasteiger partial charge in [-0.2, -0.15) is 0 Å². The van der Waals surface area contributed by atoms with Crippen LogP contribution in [0.25, 0.3) is 77.2 Å². The van der Waals surface area contributed by atoms with E-state index in [0.29, 0.717) is 0 Å². The third-order valence-corrected chi connectivity index (χ3v) is 14.2. The topological polar surface area (TPSA) is 20.7 Å². The average molecular weight is 695 g/mol. The first kappa shape index (κ1) is 29.9. The minimum Gasteiger partial charge on any atom is -0.357 e. The van der Waals surface area contributed by atoms with E-state index < -0.39 is 0 Å². The van der Waals surface area contributed by atoms with Crippen LogP contribution in [0, 0.1) is 0 Å². The summed E-state index contributed by atoms with van der Waals surface area (Å²) < 4.78 is 2.66. The summed E-state index contributed by atoms with van der Waals surface area (Å²) in [5.41, 5.74) is 18.6. The number of benzene rings is 5. The lowest BCUT2D eigenvalue weighted by atomic mass is 9.81. The van der Waals surface area contributed by atoms with E-state index in [1.54, 1.807) is 0 Å². The molecular formula is C47H38N2S2. The number of aromatic nitrogens is 2. The van der Waals surface area contributed by atoms with Crippen molar-refractivity contribution in [3.8, 4) is 39.1 Å². The molecule has 3 aliphatic carbocycles. The van der Waals surface area contributed by atoms with Crippen molar-refractivity contribution in [3.63, 3.8) is 0 Å². The molecule has 3 aromatic heterocycles. The first-order chi connectivity index (χ1) is 24.8. The van der Waals surface area contributed by atoms with Gasteiger partial charge in [0.1, 0.15) is 4.83 Å². The molecule has 248 valence electrons. The van der Waals surface area contributed by atoms with Crippen LogP contribution in [-0.4, -0.2) is 15.8 Å². The molecule has 4 heteroatoms. The van der Waals surface area contributed by atoms with E-state index in [0.717, 1.165) is 12.8 Å². The van der Waals surface area contributed by atoms with Crippen LogP contribution in [0.15, 0.2) is 108 Å². The Labute approximate surface area is 306 Å². The smallest absolute Gasteiger partial charge is 0.109 e. The number of thioether (sulfide) groups is 1. The van der Waals surface area contributed by atoms with Gasteiger partial charge in [-0.1, -0.05) is 113 Å². The number of nitrogens with zero attached hydrogens (tertiary/aromatic N) is 1. The Hall–Kier alpha value is -4.77. The molecule has 51 heavy (non-hydrogen) atoms. The highest BCUT2D eigenvalue weighted by molar-refractivity contribution is 7.98. The lowest BCUT2D eigenvalue weighted by Crippen LogP contribution is -2.18. The van der Waals surface area contributed by atoms with E-state index >= 15 is 0 Å². The number of aromatic amines is 1. The molecule has 0 saturated carbocycles. The van der Waals surface area contributed by atoms with Crippen LogP contribution in [0.5, 0.6) is 0 Å². The van der Waals surface area contributed by atoms with Gasteiger partial charge in [-0.15, -0.1) is 23.1 Å². The third-order valence-electron chi connectivity index (χ3n) is 12.3. The number of aryl methyl sites for hydroxylation is 1. The molecule has 0 unspecified atom stereocenters. The van der Waals surface area contributed by atoms with Gasteiger partial charge >= 0.3 is 0 Å². The largest absolute Gasteiger partial charge is 0.357 e. The number of para-hydroxylation sites is 2. The number of thiophene rings is 1. The number of hydrogen-bond donors (Lipinski definition) is 1. The second kappa shape index (κ2) is 10.2. The predicted octanol–water partition coefficient (Wildman–Crippen LogP) is 13.3. The molecule has 11 rings (SSSR count). The van der Waals surface area contributed by atoms with E-state index in [4.69, 9.17) is 0 Å². The highest BCUT2D eigenvalue weighted by atomic mass is 32.2. The summed E-state index contributed by atoms with van der Waals surface area (Å²) in [5.74, 6) is 0. The first-order valence-electron chi connectivity index (χ1n) is 18.1. The first-order valence-corrected chi connectivity index (χ1v) is 20.2.